The van der Waals surface area contributed by atoms with Crippen LogP contribution in [-0.2, 0) is 14.6 Å². The molecule has 1 aliphatic heterocycles. The van der Waals surface area contributed by atoms with Crippen LogP contribution in [0.3, 0.4) is 0 Å². The minimum absolute atomic E-state index is 0.0837. The zero-order valence-electron chi connectivity index (χ0n) is 11.7. The molecule has 0 bridgehead atoms. The van der Waals surface area contributed by atoms with E-state index in [-0.39, 0.29) is 13.4 Å². The second-order valence-electron chi connectivity index (χ2n) is 5.43. The lowest BCUT2D eigenvalue weighted by atomic mass is 10.0. The number of nitriles is 1. The van der Waals surface area contributed by atoms with Crippen molar-refractivity contribution in [2.45, 2.75) is 11.2 Å². The van der Waals surface area contributed by atoms with Crippen molar-refractivity contribution in [3.05, 3.63) is 23.8 Å². The number of benzene rings is 1. The van der Waals surface area contributed by atoms with Crippen molar-refractivity contribution in [1.29, 1.82) is 5.26 Å². The first-order valence-electron chi connectivity index (χ1n) is 6.42. The standard InChI is InChI=1S/C14H15NO5S/c1-18-7-14(6-15)12(13(14)21(2,16)17)9-3-4-10-11(5-9)20-8-19-10/h3-5,12-13H,7-8H2,1-2H3/t12-,13-,14-/m0/s1. The first kappa shape index (κ1) is 14.2. The zero-order valence-corrected chi connectivity index (χ0v) is 12.5. The summed E-state index contributed by atoms with van der Waals surface area (Å²) >= 11 is 0. The fourth-order valence-corrected chi connectivity index (χ4v) is 5.04. The topological polar surface area (TPSA) is 85.6 Å². The Balaban J connectivity index is 2.03. The summed E-state index contributed by atoms with van der Waals surface area (Å²) in [7, 11) is -1.89. The van der Waals surface area contributed by atoms with Crippen LogP contribution in [0.1, 0.15) is 11.5 Å². The van der Waals surface area contributed by atoms with Crippen LogP contribution >= 0.6 is 0 Å². The fraction of sp³-hybridized carbons (Fsp3) is 0.500. The number of methoxy groups -OCH3 is 1. The molecule has 0 saturated heterocycles. The van der Waals surface area contributed by atoms with Crippen molar-refractivity contribution in [1.82, 2.24) is 0 Å². The van der Waals surface area contributed by atoms with Crippen molar-refractivity contribution in [3.8, 4) is 17.6 Å². The van der Waals surface area contributed by atoms with Crippen LogP contribution in [0.2, 0.25) is 0 Å². The van der Waals surface area contributed by atoms with E-state index in [0.29, 0.717) is 11.5 Å². The third-order valence-corrected chi connectivity index (χ3v) is 5.68. The summed E-state index contributed by atoms with van der Waals surface area (Å²) < 4.78 is 39.6. The van der Waals surface area contributed by atoms with Gasteiger partial charge in [0, 0.05) is 19.3 Å². The van der Waals surface area contributed by atoms with E-state index in [1.807, 2.05) is 0 Å². The molecule has 1 aromatic carbocycles. The Labute approximate surface area is 123 Å². The summed E-state index contributed by atoms with van der Waals surface area (Å²) in [6.45, 7) is 0.237. The van der Waals surface area contributed by atoms with Crippen LogP contribution in [0, 0.1) is 16.7 Å². The third-order valence-electron chi connectivity index (χ3n) is 4.06. The van der Waals surface area contributed by atoms with Crippen molar-refractivity contribution < 1.29 is 22.6 Å². The largest absolute Gasteiger partial charge is 0.454 e. The highest BCUT2D eigenvalue weighted by molar-refractivity contribution is 7.91. The Morgan fingerprint density at radius 2 is 2.14 bits per heavy atom. The minimum Gasteiger partial charge on any atom is -0.454 e. The van der Waals surface area contributed by atoms with Gasteiger partial charge in [-0.25, -0.2) is 8.42 Å². The van der Waals surface area contributed by atoms with Gasteiger partial charge in [-0.2, -0.15) is 5.26 Å². The molecule has 6 nitrogen and oxygen atoms in total. The molecule has 1 aliphatic carbocycles. The van der Waals surface area contributed by atoms with Crippen LogP contribution in [0.4, 0.5) is 0 Å². The number of hydrogen-bond donors (Lipinski definition) is 0. The van der Waals surface area contributed by atoms with Crippen molar-refractivity contribution >= 4 is 9.84 Å². The summed E-state index contributed by atoms with van der Waals surface area (Å²) in [6, 6.07) is 7.42. The van der Waals surface area contributed by atoms with Gasteiger partial charge in [-0.3, -0.25) is 0 Å². The number of nitrogens with zero attached hydrogens (tertiary/aromatic N) is 1. The molecule has 1 fully saturated rings. The van der Waals surface area contributed by atoms with E-state index in [9.17, 15) is 13.7 Å². The number of rotatable bonds is 4. The molecule has 1 aromatic rings. The molecule has 0 aromatic heterocycles. The lowest BCUT2D eigenvalue weighted by molar-refractivity contribution is 0.162. The summed E-state index contributed by atoms with van der Waals surface area (Å²) in [5, 5.41) is 8.74. The first-order chi connectivity index (χ1) is 9.94. The number of sulfone groups is 1. The molecule has 3 rings (SSSR count). The van der Waals surface area contributed by atoms with Crippen LogP contribution in [0.15, 0.2) is 18.2 Å². The van der Waals surface area contributed by atoms with Gasteiger partial charge >= 0.3 is 0 Å². The lowest BCUT2D eigenvalue weighted by Gasteiger charge is -2.07. The summed E-state index contributed by atoms with van der Waals surface area (Å²) in [6.07, 6.45) is 1.16. The molecule has 0 radical (unpaired) electrons. The van der Waals surface area contributed by atoms with Gasteiger partial charge in [0.05, 0.1) is 17.9 Å². The van der Waals surface area contributed by atoms with Crippen molar-refractivity contribution in [3.63, 3.8) is 0 Å². The lowest BCUT2D eigenvalue weighted by Crippen LogP contribution is -2.17. The van der Waals surface area contributed by atoms with Crippen LogP contribution < -0.4 is 9.47 Å². The Bertz CT molecular complexity index is 723. The van der Waals surface area contributed by atoms with E-state index in [0.717, 1.165) is 11.8 Å². The molecular formula is C14H15NO5S. The molecule has 0 spiro atoms. The quantitative estimate of drug-likeness (QED) is 0.827. The normalized spacial score (nSPS) is 30.0. The monoisotopic (exact) mass is 309 g/mol. The third kappa shape index (κ3) is 2.06. The van der Waals surface area contributed by atoms with Gasteiger partial charge in [0.25, 0.3) is 0 Å². The smallest absolute Gasteiger partial charge is 0.231 e. The molecule has 0 unspecified atom stereocenters. The average Bonchev–Trinajstić information content (AvgIpc) is 2.88. The molecule has 112 valence electrons. The van der Waals surface area contributed by atoms with Crippen LogP contribution in [-0.4, -0.2) is 40.4 Å². The highest BCUT2D eigenvalue weighted by atomic mass is 32.2. The van der Waals surface area contributed by atoms with Crippen LogP contribution in [0.5, 0.6) is 11.5 Å². The van der Waals surface area contributed by atoms with Gasteiger partial charge in [0.1, 0.15) is 5.41 Å². The Morgan fingerprint density at radius 1 is 1.43 bits per heavy atom. The maximum absolute atomic E-state index is 12.0. The minimum atomic E-state index is -3.36. The molecule has 2 aliphatic rings. The van der Waals surface area contributed by atoms with Gasteiger partial charge in [0.15, 0.2) is 21.3 Å². The molecule has 3 atom stereocenters. The maximum Gasteiger partial charge on any atom is 0.231 e. The van der Waals surface area contributed by atoms with Crippen molar-refractivity contribution in [2.75, 3.05) is 26.8 Å². The van der Waals surface area contributed by atoms with Gasteiger partial charge in [-0.1, -0.05) is 6.07 Å². The number of hydrogen-bond acceptors (Lipinski definition) is 6. The summed E-state index contributed by atoms with van der Waals surface area (Å²) in [4.78, 5) is 0. The molecular weight excluding hydrogens is 294 g/mol. The Kier molecular flexibility index (Phi) is 3.11. The van der Waals surface area contributed by atoms with Gasteiger partial charge in [-0.05, 0) is 17.7 Å². The van der Waals surface area contributed by atoms with E-state index in [1.54, 1.807) is 18.2 Å². The average molecular weight is 309 g/mol. The second-order valence-corrected chi connectivity index (χ2v) is 7.59. The van der Waals surface area contributed by atoms with E-state index in [2.05, 4.69) is 6.07 Å². The van der Waals surface area contributed by atoms with E-state index >= 15 is 0 Å². The highest BCUT2D eigenvalue weighted by Gasteiger charge is 2.71. The summed E-state index contributed by atoms with van der Waals surface area (Å²) in [5.74, 6) is 0.799. The Hall–Kier alpha value is -1.78. The van der Waals surface area contributed by atoms with Gasteiger partial charge in [-0.15, -0.1) is 0 Å². The zero-order chi connectivity index (χ0) is 15.3. The summed E-state index contributed by atoms with van der Waals surface area (Å²) in [5.41, 5.74) is -0.274. The molecule has 0 amide bonds. The predicted molar refractivity (Wildman–Crippen MR) is 73.9 cm³/mol. The van der Waals surface area contributed by atoms with Crippen LogP contribution in [0.25, 0.3) is 0 Å². The van der Waals surface area contributed by atoms with E-state index < -0.39 is 26.4 Å². The predicted octanol–water partition coefficient (Wildman–Crippen LogP) is 1.08. The molecule has 1 heterocycles. The second kappa shape index (κ2) is 4.61. The van der Waals surface area contributed by atoms with Gasteiger partial charge < -0.3 is 14.2 Å². The van der Waals surface area contributed by atoms with E-state index in [4.69, 9.17) is 14.2 Å². The number of ether oxygens (including phenoxy) is 3. The highest BCUT2D eigenvalue weighted by Crippen LogP contribution is 2.63. The molecule has 21 heavy (non-hydrogen) atoms. The molecule has 7 heteroatoms. The van der Waals surface area contributed by atoms with E-state index in [1.165, 1.54) is 7.11 Å². The SMILES string of the molecule is COC[C@@]1(C#N)[C@@H](c2ccc3c(c2)OCO3)[C@@H]1S(C)(=O)=O. The fourth-order valence-electron chi connectivity index (χ4n) is 3.19. The maximum atomic E-state index is 12.0. The Morgan fingerprint density at radius 3 is 2.76 bits per heavy atom. The number of fused-ring (bicyclic) bond motifs is 1. The molecule has 0 N–H and O–H groups in total. The first-order valence-corrected chi connectivity index (χ1v) is 8.38. The van der Waals surface area contributed by atoms with Crippen molar-refractivity contribution in [2.24, 2.45) is 5.41 Å². The molecule has 1 saturated carbocycles. The van der Waals surface area contributed by atoms with Gasteiger partial charge in [0.2, 0.25) is 6.79 Å².